The molecule has 7 nitrogen and oxygen atoms in total. The SMILES string of the molecule is CCCCCCCCCCCCCCCCCCNC(=O)c1cnn2c(C(F)(F)F)cc(-c3ccc(OC)c(OC)c3)nc12. The molecule has 0 aliphatic rings. The van der Waals surface area contributed by atoms with E-state index in [1.165, 1.54) is 97.7 Å². The average molecular weight is 619 g/mol. The Bertz CT molecular complexity index is 1290. The van der Waals surface area contributed by atoms with Crippen molar-refractivity contribution in [2.75, 3.05) is 20.8 Å². The minimum Gasteiger partial charge on any atom is -0.493 e. The molecule has 2 heterocycles. The molecule has 0 saturated heterocycles. The van der Waals surface area contributed by atoms with E-state index in [-0.39, 0.29) is 16.9 Å². The third kappa shape index (κ3) is 10.7. The molecule has 1 aromatic carbocycles. The summed E-state index contributed by atoms with van der Waals surface area (Å²) in [4.78, 5) is 17.4. The maximum atomic E-state index is 14.0. The van der Waals surface area contributed by atoms with E-state index in [0.29, 0.717) is 28.1 Å². The van der Waals surface area contributed by atoms with Gasteiger partial charge in [-0.1, -0.05) is 103 Å². The van der Waals surface area contributed by atoms with Gasteiger partial charge in [-0.2, -0.15) is 18.3 Å². The van der Waals surface area contributed by atoms with Gasteiger partial charge in [-0.3, -0.25) is 4.79 Å². The van der Waals surface area contributed by atoms with Crippen LogP contribution in [-0.4, -0.2) is 41.3 Å². The lowest BCUT2D eigenvalue weighted by atomic mass is 10.0. The monoisotopic (exact) mass is 618 g/mol. The predicted octanol–water partition coefficient (Wildman–Crippen LogP) is 9.42. The largest absolute Gasteiger partial charge is 0.493 e. The highest BCUT2D eigenvalue weighted by Crippen LogP contribution is 2.35. The average Bonchev–Trinajstić information content (AvgIpc) is 3.45. The van der Waals surface area contributed by atoms with Crippen molar-refractivity contribution in [2.24, 2.45) is 0 Å². The van der Waals surface area contributed by atoms with Crippen LogP contribution in [0.4, 0.5) is 13.2 Å². The van der Waals surface area contributed by atoms with Crippen LogP contribution in [0.25, 0.3) is 16.9 Å². The summed E-state index contributed by atoms with van der Waals surface area (Å²) in [6.07, 6.45) is 16.6. The Balaban J connectivity index is 1.44. The van der Waals surface area contributed by atoms with Gasteiger partial charge >= 0.3 is 6.18 Å². The zero-order valence-corrected chi connectivity index (χ0v) is 26.6. The first-order valence-electron chi connectivity index (χ1n) is 16.3. The van der Waals surface area contributed by atoms with Crippen LogP contribution in [0.15, 0.2) is 30.5 Å². The van der Waals surface area contributed by atoms with Crippen LogP contribution in [0.3, 0.4) is 0 Å². The Labute approximate surface area is 259 Å². The summed E-state index contributed by atoms with van der Waals surface area (Å²) < 4.78 is 53.1. The molecule has 2 aromatic heterocycles. The molecular formula is C34H49F3N4O3. The highest BCUT2D eigenvalue weighted by atomic mass is 19.4. The third-order valence-electron chi connectivity index (χ3n) is 8.00. The minimum absolute atomic E-state index is 0.00526. The van der Waals surface area contributed by atoms with Crippen molar-refractivity contribution in [3.05, 3.63) is 41.7 Å². The Hall–Kier alpha value is -3.30. The maximum Gasteiger partial charge on any atom is 0.433 e. The molecule has 0 saturated carbocycles. The van der Waals surface area contributed by atoms with E-state index in [0.717, 1.165) is 31.5 Å². The maximum absolute atomic E-state index is 14.0. The summed E-state index contributed by atoms with van der Waals surface area (Å²) in [5.41, 5.74) is -0.762. The number of methoxy groups -OCH3 is 2. The van der Waals surface area contributed by atoms with Crippen LogP contribution in [0.1, 0.15) is 126 Å². The zero-order valence-electron chi connectivity index (χ0n) is 26.6. The lowest BCUT2D eigenvalue weighted by Gasteiger charge is -2.13. The number of nitrogens with one attached hydrogen (secondary N) is 1. The first-order valence-corrected chi connectivity index (χ1v) is 16.3. The van der Waals surface area contributed by atoms with E-state index in [1.807, 2.05) is 0 Å². The molecule has 0 atom stereocenters. The number of carbonyl (C=O) groups is 1. The van der Waals surface area contributed by atoms with Gasteiger partial charge < -0.3 is 14.8 Å². The topological polar surface area (TPSA) is 77.8 Å². The van der Waals surface area contributed by atoms with E-state index in [1.54, 1.807) is 18.2 Å². The smallest absolute Gasteiger partial charge is 0.433 e. The summed E-state index contributed by atoms with van der Waals surface area (Å²) in [7, 11) is 2.92. The lowest BCUT2D eigenvalue weighted by Crippen LogP contribution is -2.24. The fraction of sp³-hybridized carbons (Fsp3) is 0.618. The number of halogens is 3. The van der Waals surface area contributed by atoms with Gasteiger partial charge in [0.25, 0.3) is 5.91 Å². The predicted molar refractivity (Wildman–Crippen MR) is 168 cm³/mol. The Morgan fingerprint density at radius 1 is 0.795 bits per heavy atom. The van der Waals surface area contributed by atoms with E-state index >= 15 is 0 Å². The number of rotatable bonds is 21. The molecule has 0 unspecified atom stereocenters. The summed E-state index contributed by atoms with van der Waals surface area (Å²) in [5, 5.41) is 6.69. The molecule has 10 heteroatoms. The molecule has 0 radical (unpaired) electrons. The van der Waals surface area contributed by atoms with Crippen molar-refractivity contribution in [3.63, 3.8) is 0 Å². The summed E-state index contributed by atoms with van der Waals surface area (Å²) in [6.45, 7) is 2.70. The van der Waals surface area contributed by atoms with Gasteiger partial charge in [0.15, 0.2) is 22.8 Å². The third-order valence-corrected chi connectivity index (χ3v) is 8.00. The Morgan fingerprint density at radius 3 is 1.86 bits per heavy atom. The summed E-state index contributed by atoms with van der Waals surface area (Å²) in [6, 6.07) is 5.65. The van der Waals surface area contributed by atoms with E-state index < -0.39 is 17.8 Å². The van der Waals surface area contributed by atoms with Gasteiger partial charge in [0, 0.05) is 12.1 Å². The van der Waals surface area contributed by atoms with Crippen LogP contribution < -0.4 is 14.8 Å². The molecule has 1 N–H and O–H groups in total. The van der Waals surface area contributed by atoms with Crippen molar-refractivity contribution >= 4 is 11.6 Å². The molecule has 3 aromatic rings. The minimum atomic E-state index is -4.71. The Morgan fingerprint density at radius 2 is 1.34 bits per heavy atom. The van der Waals surface area contributed by atoms with Crippen LogP contribution in [0, 0.1) is 0 Å². The molecule has 44 heavy (non-hydrogen) atoms. The molecule has 1 amide bonds. The molecule has 0 fully saturated rings. The molecule has 0 bridgehead atoms. The van der Waals surface area contributed by atoms with E-state index in [2.05, 4.69) is 22.3 Å². The summed E-state index contributed by atoms with van der Waals surface area (Å²) >= 11 is 0. The fourth-order valence-electron chi connectivity index (χ4n) is 5.44. The quantitative estimate of drug-likeness (QED) is 0.120. The number of carbonyl (C=O) groups excluding carboxylic acids is 1. The number of hydrogen-bond donors (Lipinski definition) is 1. The van der Waals surface area contributed by atoms with Gasteiger partial charge in [0.1, 0.15) is 5.56 Å². The normalized spacial score (nSPS) is 11.7. The number of nitrogens with zero attached hydrogens (tertiary/aromatic N) is 3. The van der Waals surface area contributed by atoms with Gasteiger partial charge in [-0.15, -0.1) is 0 Å². The van der Waals surface area contributed by atoms with Crippen molar-refractivity contribution in [2.45, 2.75) is 116 Å². The second kappa shape index (κ2) is 18.5. The van der Waals surface area contributed by atoms with Crippen molar-refractivity contribution in [1.82, 2.24) is 19.9 Å². The fourth-order valence-corrected chi connectivity index (χ4v) is 5.44. The number of fused-ring (bicyclic) bond motifs is 1. The van der Waals surface area contributed by atoms with E-state index in [9.17, 15) is 18.0 Å². The number of benzene rings is 1. The summed E-state index contributed by atoms with van der Waals surface area (Å²) in [5.74, 6) is 0.295. The van der Waals surface area contributed by atoms with Gasteiger partial charge in [-0.25, -0.2) is 9.50 Å². The molecule has 0 aliphatic carbocycles. The standard InChI is InChI=1S/C34H49F3N4O3/c1-4-5-6-7-8-9-10-11-12-13-14-15-16-17-18-19-22-38-33(42)27-25-39-41-31(34(35,36)37)24-28(40-32(27)41)26-20-21-29(43-2)30(23-26)44-3/h20-21,23-25H,4-19,22H2,1-3H3,(H,38,42). The van der Waals surface area contributed by atoms with Crippen molar-refractivity contribution in [3.8, 4) is 22.8 Å². The molecule has 244 valence electrons. The molecule has 0 spiro atoms. The lowest BCUT2D eigenvalue weighted by molar-refractivity contribution is -0.142. The highest BCUT2D eigenvalue weighted by molar-refractivity contribution is 5.99. The number of amides is 1. The Kier molecular flexibility index (Phi) is 14.8. The molecular weight excluding hydrogens is 569 g/mol. The van der Waals surface area contributed by atoms with Gasteiger partial charge in [0.2, 0.25) is 0 Å². The van der Waals surface area contributed by atoms with Crippen LogP contribution in [0.5, 0.6) is 11.5 Å². The first kappa shape index (κ1) is 35.2. The molecule has 3 rings (SSSR count). The second-order valence-corrected chi connectivity index (χ2v) is 11.4. The van der Waals surface area contributed by atoms with Crippen molar-refractivity contribution < 1.29 is 27.4 Å². The van der Waals surface area contributed by atoms with Crippen LogP contribution >= 0.6 is 0 Å². The second-order valence-electron chi connectivity index (χ2n) is 11.4. The van der Waals surface area contributed by atoms with Crippen LogP contribution in [-0.2, 0) is 6.18 Å². The van der Waals surface area contributed by atoms with Gasteiger partial charge in [-0.05, 0) is 30.7 Å². The first-order chi connectivity index (χ1) is 21.3. The number of hydrogen-bond acceptors (Lipinski definition) is 5. The number of alkyl halides is 3. The van der Waals surface area contributed by atoms with Gasteiger partial charge in [0.05, 0.1) is 26.1 Å². The number of ether oxygens (including phenoxy) is 2. The number of unbranched alkanes of at least 4 members (excludes halogenated alkanes) is 15. The molecule has 0 aliphatic heterocycles. The van der Waals surface area contributed by atoms with E-state index in [4.69, 9.17) is 9.47 Å². The van der Waals surface area contributed by atoms with Crippen LogP contribution in [0.2, 0.25) is 0 Å². The number of aromatic nitrogens is 3. The van der Waals surface area contributed by atoms with Crippen molar-refractivity contribution in [1.29, 1.82) is 0 Å². The highest BCUT2D eigenvalue weighted by Gasteiger charge is 2.36. The zero-order chi connectivity index (χ0) is 31.8.